The highest BCUT2D eigenvalue weighted by Gasteiger charge is 2.18. The molecule has 0 saturated carbocycles. The molecule has 1 aromatic heterocycles. The summed E-state index contributed by atoms with van der Waals surface area (Å²) in [5.41, 5.74) is 2.64. The van der Waals surface area contributed by atoms with Gasteiger partial charge in [-0.05, 0) is 32.7 Å². The summed E-state index contributed by atoms with van der Waals surface area (Å²) in [6.45, 7) is 4.26. The molecule has 0 spiro atoms. The van der Waals surface area contributed by atoms with E-state index in [9.17, 15) is 0 Å². The molecule has 0 atom stereocenters. The number of nitrogens with zero attached hydrogens (tertiary/aromatic N) is 3. The summed E-state index contributed by atoms with van der Waals surface area (Å²) in [6.07, 6.45) is 6.05. The van der Waals surface area contributed by atoms with E-state index in [1.807, 2.05) is 0 Å². The summed E-state index contributed by atoms with van der Waals surface area (Å²) in [5.74, 6) is 0.985. The molecule has 2 aliphatic rings. The molecule has 0 radical (unpaired) electrons. The first-order valence-electron chi connectivity index (χ1n) is 7.29. The largest absolute Gasteiger partial charge is 0.340 e. The molecule has 3 rings (SSSR count). The number of hydrogen-bond donors (Lipinski definition) is 1. The van der Waals surface area contributed by atoms with Gasteiger partial charge < -0.3 is 14.8 Å². The van der Waals surface area contributed by atoms with Crippen LogP contribution in [0.3, 0.4) is 0 Å². The van der Waals surface area contributed by atoms with Gasteiger partial charge in [0.1, 0.15) is 4.64 Å². The minimum atomic E-state index is 0.824. The minimum absolute atomic E-state index is 0.824. The second-order valence-corrected chi connectivity index (χ2v) is 6.06. The molecule has 0 amide bonds. The number of aromatic nitrogens is 2. The Balaban J connectivity index is 1.89. The molecular formula is C14H22N4S. The Morgan fingerprint density at radius 1 is 1.05 bits per heavy atom. The zero-order chi connectivity index (χ0) is 13.2. The fourth-order valence-electron chi connectivity index (χ4n) is 2.95. The number of piperazine rings is 1. The Bertz CT molecular complexity index is 503. The van der Waals surface area contributed by atoms with Crippen LogP contribution in [-0.4, -0.2) is 48.1 Å². The van der Waals surface area contributed by atoms with Crippen molar-refractivity contribution in [2.45, 2.75) is 32.1 Å². The first-order chi connectivity index (χ1) is 9.24. The van der Waals surface area contributed by atoms with E-state index in [0.29, 0.717) is 0 Å². The van der Waals surface area contributed by atoms with Crippen molar-refractivity contribution in [2.75, 3.05) is 38.1 Å². The van der Waals surface area contributed by atoms with Gasteiger partial charge in [-0.1, -0.05) is 18.6 Å². The third kappa shape index (κ3) is 2.82. The molecule has 1 aliphatic carbocycles. The first kappa shape index (κ1) is 13.1. The molecule has 19 heavy (non-hydrogen) atoms. The van der Waals surface area contributed by atoms with Gasteiger partial charge in [-0.15, -0.1) is 0 Å². The van der Waals surface area contributed by atoms with Crippen LogP contribution in [0.15, 0.2) is 0 Å². The number of likely N-dealkylation sites (N-methyl/N-ethyl adjacent to an activating group) is 1. The maximum Gasteiger partial charge on any atom is 0.204 e. The molecule has 2 heterocycles. The van der Waals surface area contributed by atoms with Crippen LogP contribution >= 0.6 is 12.2 Å². The maximum atomic E-state index is 5.51. The van der Waals surface area contributed by atoms with Gasteiger partial charge in [0.2, 0.25) is 5.95 Å². The number of aromatic amines is 1. The number of nitrogens with one attached hydrogen (secondary N) is 1. The van der Waals surface area contributed by atoms with E-state index in [1.165, 1.54) is 30.5 Å². The van der Waals surface area contributed by atoms with Crippen LogP contribution in [-0.2, 0) is 12.8 Å². The first-order valence-corrected chi connectivity index (χ1v) is 7.70. The van der Waals surface area contributed by atoms with E-state index in [4.69, 9.17) is 12.2 Å². The van der Waals surface area contributed by atoms with Crippen molar-refractivity contribution in [1.29, 1.82) is 0 Å². The number of hydrogen-bond acceptors (Lipinski definition) is 4. The molecular weight excluding hydrogens is 256 g/mol. The van der Waals surface area contributed by atoms with Crippen molar-refractivity contribution in [3.8, 4) is 0 Å². The lowest BCUT2D eigenvalue weighted by molar-refractivity contribution is 0.311. The molecule has 0 aromatic carbocycles. The molecule has 1 fully saturated rings. The molecule has 5 heteroatoms. The smallest absolute Gasteiger partial charge is 0.204 e. The Hall–Kier alpha value is -0.940. The predicted molar refractivity (Wildman–Crippen MR) is 80.4 cm³/mol. The van der Waals surface area contributed by atoms with Crippen molar-refractivity contribution in [3.63, 3.8) is 0 Å². The Kier molecular flexibility index (Phi) is 3.84. The highest BCUT2D eigenvalue weighted by atomic mass is 32.1. The average Bonchev–Trinajstić information content (AvgIpc) is 2.65. The fourth-order valence-corrected chi connectivity index (χ4v) is 3.26. The quantitative estimate of drug-likeness (QED) is 0.631. The van der Waals surface area contributed by atoms with Crippen LogP contribution in [0.4, 0.5) is 5.95 Å². The van der Waals surface area contributed by atoms with Crippen LogP contribution in [0.2, 0.25) is 0 Å². The number of anilines is 1. The summed E-state index contributed by atoms with van der Waals surface area (Å²) in [4.78, 5) is 12.9. The van der Waals surface area contributed by atoms with Crippen molar-refractivity contribution in [1.82, 2.24) is 14.9 Å². The van der Waals surface area contributed by atoms with E-state index >= 15 is 0 Å². The van der Waals surface area contributed by atoms with Crippen molar-refractivity contribution < 1.29 is 0 Å². The summed E-state index contributed by atoms with van der Waals surface area (Å²) in [7, 11) is 2.17. The van der Waals surface area contributed by atoms with Crippen molar-refractivity contribution >= 4 is 18.2 Å². The van der Waals surface area contributed by atoms with Gasteiger partial charge in [0.05, 0.1) is 0 Å². The summed E-state index contributed by atoms with van der Waals surface area (Å²) >= 11 is 5.51. The molecule has 1 saturated heterocycles. The number of aryl methyl sites for hydroxylation is 1. The normalized spacial score (nSPS) is 21.0. The standard InChI is InChI=1S/C14H22N4S/c1-17-7-9-18(10-8-17)14-15-12-6-4-2-3-5-11(12)13(19)16-14/h2-10H2,1H3,(H,15,16,19). The lowest BCUT2D eigenvalue weighted by Gasteiger charge is -2.33. The van der Waals surface area contributed by atoms with Gasteiger partial charge in [-0.25, -0.2) is 4.98 Å². The van der Waals surface area contributed by atoms with Crippen molar-refractivity contribution in [3.05, 3.63) is 15.9 Å². The number of fused-ring (bicyclic) bond motifs is 1. The summed E-state index contributed by atoms with van der Waals surface area (Å²) in [6, 6.07) is 0. The average molecular weight is 278 g/mol. The number of H-pyrrole nitrogens is 1. The lowest BCUT2D eigenvalue weighted by atomic mass is 10.1. The van der Waals surface area contributed by atoms with E-state index in [-0.39, 0.29) is 0 Å². The molecule has 0 unspecified atom stereocenters. The second-order valence-electron chi connectivity index (χ2n) is 5.67. The van der Waals surface area contributed by atoms with Crippen molar-refractivity contribution in [2.24, 2.45) is 0 Å². The van der Waals surface area contributed by atoms with Crippen LogP contribution in [0.5, 0.6) is 0 Å². The van der Waals surface area contributed by atoms with E-state index in [2.05, 4.69) is 26.8 Å². The monoisotopic (exact) mass is 278 g/mol. The highest BCUT2D eigenvalue weighted by molar-refractivity contribution is 7.71. The second kappa shape index (κ2) is 5.59. The summed E-state index contributed by atoms with van der Waals surface area (Å²) in [5, 5.41) is 0. The highest BCUT2D eigenvalue weighted by Crippen LogP contribution is 2.22. The molecule has 0 bridgehead atoms. The molecule has 1 aromatic rings. The molecule has 1 N–H and O–H groups in total. The number of rotatable bonds is 1. The molecule has 1 aliphatic heterocycles. The van der Waals surface area contributed by atoms with Gasteiger partial charge in [0.25, 0.3) is 0 Å². The topological polar surface area (TPSA) is 35.2 Å². The summed E-state index contributed by atoms with van der Waals surface area (Å²) < 4.78 is 0.824. The Morgan fingerprint density at radius 3 is 2.58 bits per heavy atom. The third-order valence-electron chi connectivity index (χ3n) is 4.25. The lowest BCUT2D eigenvalue weighted by Crippen LogP contribution is -2.45. The minimum Gasteiger partial charge on any atom is -0.340 e. The van der Waals surface area contributed by atoms with Gasteiger partial charge in [0.15, 0.2) is 0 Å². The Morgan fingerprint density at radius 2 is 1.79 bits per heavy atom. The zero-order valence-corrected chi connectivity index (χ0v) is 12.4. The van der Waals surface area contributed by atoms with Crippen LogP contribution in [0.25, 0.3) is 0 Å². The van der Waals surface area contributed by atoms with E-state index in [1.54, 1.807) is 0 Å². The van der Waals surface area contributed by atoms with Crippen LogP contribution in [0, 0.1) is 4.64 Å². The van der Waals surface area contributed by atoms with Gasteiger partial charge in [0, 0.05) is 37.4 Å². The fraction of sp³-hybridized carbons (Fsp3) is 0.714. The molecule has 4 nitrogen and oxygen atoms in total. The van der Waals surface area contributed by atoms with Crippen LogP contribution in [0.1, 0.15) is 30.5 Å². The van der Waals surface area contributed by atoms with Gasteiger partial charge in [-0.2, -0.15) is 0 Å². The van der Waals surface area contributed by atoms with E-state index in [0.717, 1.165) is 49.6 Å². The van der Waals surface area contributed by atoms with Crippen LogP contribution < -0.4 is 4.90 Å². The Labute approximate surface area is 119 Å². The van der Waals surface area contributed by atoms with Gasteiger partial charge >= 0.3 is 0 Å². The maximum absolute atomic E-state index is 5.51. The van der Waals surface area contributed by atoms with E-state index < -0.39 is 0 Å². The predicted octanol–water partition coefficient (Wildman–Crippen LogP) is 2.16. The SMILES string of the molecule is CN1CCN(c2nc(=S)c3c([nH]2)CCCCC3)CC1. The zero-order valence-electron chi connectivity index (χ0n) is 11.6. The van der Waals surface area contributed by atoms with Gasteiger partial charge in [-0.3, -0.25) is 0 Å². The third-order valence-corrected chi connectivity index (χ3v) is 4.59. The molecule has 104 valence electrons.